The van der Waals surface area contributed by atoms with Crippen LogP contribution in [-0.4, -0.2) is 34.3 Å². The third-order valence-electron chi connectivity index (χ3n) is 7.02. The van der Waals surface area contributed by atoms with Gasteiger partial charge in [-0.05, 0) is 48.7 Å². The topological polar surface area (TPSA) is 86.7 Å². The van der Waals surface area contributed by atoms with Gasteiger partial charge in [0.25, 0.3) is 5.91 Å². The zero-order valence-electron chi connectivity index (χ0n) is 23.4. The van der Waals surface area contributed by atoms with Crippen LogP contribution in [0.25, 0.3) is 0 Å². The van der Waals surface area contributed by atoms with Crippen LogP contribution in [0.5, 0.6) is 0 Å². The molecule has 0 fully saturated rings. The maximum absolute atomic E-state index is 12.9. The molecule has 2 rings (SSSR count). The number of aliphatic carboxylic acids is 1. The number of rotatable bonds is 16. The highest BCUT2D eigenvalue weighted by atomic mass is 19.4. The molecule has 0 saturated heterocycles. The highest BCUT2D eigenvalue weighted by Gasteiger charge is 2.31. The van der Waals surface area contributed by atoms with Gasteiger partial charge in [-0.2, -0.15) is 13.2 Å². The molecular weight excluding hydrogens is 521 g/mol. The predicted molar refractivity (Wildman–Crippen MR) is 149 cm³/mol. The van der Waals surface area contributed by atoms with E-state index in [0.717, 1.165) is 36.3 Å². The summed E-state index contributed by atoms with van der Waals surface area (Å²) in [6.45, 7) is 4.24. The first kappa shape index (κ1) is 32.8. The lowest BCUT2D eigenvalue weighted by molar-refractivity contribution is -0.157. The number of nitrogens with zero attached hydrogens (tertiary/aromatic N) is 1. The van der Waals surface area contributed by atoms with Crippen LogP contribution in [0.15, 0.2) is 48.5 Å². The predicted octanol–water partition coefficient (Wildman–Crippen LogP) is 7.53. The molecule has 0 aliphatic carbocycles. The van der Waals surface area contributed by atoms with Crippen LogP contribution in [0.3, 0.4) is 0 Å². The maximum Gasteiger partial charge on any atom is 0.416 e. The third kappa shape index (κ3) is 11.0. The van der Waals surface area contributed by atoms with Crippen LogP contribution in [0.2, 0.25) is 0 Å². The van der Waals surface area contributed by atoms with Crippen molar-refractivity contribution >= 4 is 17.8 Å². The van der Waals surface area contributed by atoms with E-state index in [4.69, 9.17) is 0 Å². The van der Waals surface area contributed by atoms with Crippen molar-refractivity contribution in [3.63, 3.8) is 0 Å². The SMILES string of the molecule is CCCCCCCCCCCCNC(=O)c1ccc(C(C)N(Cc2ccc(C(F)(F)F)cc2)C(=O)C(=O)O)cc1. The Morgan fingerprint density at radius 2 is 1.35 bits per heavy atom. The van der Waals surface area contributed by atoms with Crippen molar-refractivity contribution in [3.05, 3.63) is 70.8 Å². The molecule has 0 radical (unpaired) electrons. The average Bonchev–Trinajstić information content (AvgIpc) is 2.93. The first-order valence-corrected chi connectivity index (χ1v) is 14.1. The monoisotopic (exact) mass is 562 g/mol. The van der Waals surface area contributed by atoms with Gasteiger partial charge in [0.1, 0.15) is 0 Å². The van der Waals surface area contributed by atoms with Crippen LogP contribution < -0.4 is 5.32 Å². The van der Waals surface area contributed by atoms with E-state index in [0.29, 0.717) is 23.2 Å². The van der Waals surface area contributed by atoms with Crippen molar-refractivity contribution in [2.75, 3.05) is 6.54 Å². The molecular formula is C31H41F3N2O4. The van der Waals surface area contributed by atoms with Gasteiger partial charge in [0.15, 0.2) is 0 Å². The van der Waals surface area contributed by atoms with Gasteiger partial charge < -0.3 is 15.3 Å². The molecule has 9 heteroatoms. The highest BCUT2D eigenvalue weighted by molar-refractivity contribution is 6.31. The first-order chi connectivity index (χ1) is 19.0. The van der Waals surface area contributed by atoms with E-state index in [-0.39, 0.29) is 12.5 Å². The molecule has 2 aromatic rings. The minimum Gasteiger partial charge on any atom is -0.474 e. The second kappa shape index (κ2) is 16.7. The number of carboxylic acid groups (broad SMARTS) is 1. The molecule has 0 aliphatic rings. The largest absolute Gasteiger partial charge is 0.474 e. The Morgan fingerprint density at radius 1 is 0.825 bits per heavy atom. The minimum atomic E-state index is -4.50. The zero-order valence-corrected chi connectivity index (χ0v) is 23.4. The normalized spacial score (nSPS) is 12.1. The molecule has 40 heavy (non-hydrogen) atoms. The van der Waals surface area contributed by atoms with E-state index in [1.54, 1.807) is 31.2 Å². The van der Waals surface area contributed by atoms with E-state index in [9.17, 15) is 32.7 Å². The van der Waals surface area contributed by atoms with Crippen molar-refractivity contribution < 1.29 is 32.7 Å². The number of hydrogen-bond donors (Lipinski definition) is 2. The summed E-state index contributed by atoms with van der Waals surface area (Å²) >= 11 is 0. The Hall–Kier alpha value is -3.36. The van der Waals surface area contributed by atoms with Crippen molar-refractivity contribution in [1.82, 2.24) is 10.2 Å². The van der Waals surface area contributed by atoms with Crippen LogP contribution in [0.1, 0.15) is 111 Å². The lowest BCUT2D eigenvalue weighted by Crippen LogP contribution is -2.38. The number of carboxylic acids is 1. The van der Waals surface area contributed by atoms with E-state index < -0.39 is 29.7 Å². The number of carbonyl (C=O) groups is 3. The van der Waals surface area contributed by atoms with Gasteiger partial charge in [-0.15, -0.1) is 0 Å². The Kier molecular flexibility index (Phi) is 13.7. The molecule has 0 spiro atoms. The van der Waals surface area contributed by atoms with Gasteiger partial charge in [0.05, 0.1) is 11.6 Å². The molecule has 0 aliphatic heterocycles. The molecule has 0 saturated carbocycles. The van der Waals surface area contributed by atoms with Crippen molar-refractivity contribution in [2.45, 2.75) is 96.8 Å². The summed E-state index contributed by atoms with van der Waals surface area (Å²) in [7, 11) is 0. The molecule has 2 N–H and O–H groups in total. The molecule has 220 valence electrons. The number of alkyl halides is 3. The molecule has 0 bridgehead atoms. The first-order valence-electron chi connectivity index (χ1n) is 14.1. The zero-order chi connectivity index (χ0) is 29.5. The second-order valence-electron chi connectivity index (χ2n) is 10.2. The minimum absolute atomic E-state index is 0.189. The number of nitrogens with one attached hydrogen (secondary N) is 1. The Labute approximate surface area is 235 Å². The van der Waals surface area contributed by atoms with E-state index in [1.807, 2.05) is 0 Å². The number of benzene rings is 2. The number of halogens is 3. The summed E-state index contributed by atoms with van der Waals surface area (Å²) in [4.78, 5) is 37.5. The summed E-state index contributed by atoms with van der Waals surface area (Å²) in [5.74, 6) is -3.05. The Balaban J connectivity index is 1.87. The van der Waals surface area contributed by atoms with Crippen molar-refractivity contribution in [2.24, 2.45) is 0 Å². The number of amides is 2. The molecule has 1 atom stereocenters. The van der Waals surface area contributed by atoms with Gasteiger partial charge in [0, 0.05) is 18.7 Å². The fraction of sp³-hybridized carbons (Fsp3) is 0.516. The molecule has 6 nitrogen and oxygen atoms in total. The highest BCUT2D eigenvalue weighted by Crippen LogP contribution is 2.30. The Bertz CT molecular complexity index is 1070. The second-order valence-corrected chi connectivity index (χ2v) is 10.2. The lowest BCUT2D eigenvalue weighted by Gasteiger charge is -2.28. The number of hydrogen-bond acceptors (Lipinski definition) is 3. The van der Waals surface area contributed by atoms with Gasteiger partial charge in [0.2, 0.25) is 0 Å². The van der Waals surface area contributed by atoms with Crippen LogP contribution in [0, 0.1) is 0 Å². The quantitative estimate of drug-likeness (QED) is 0.164. The number of carbonyl (C=O) groups excluding carboxylic acids is 2. The number of unbranched alkanes of at least 4 members (excludes halogenated alkanes) is 9. The van der Waals surface area contributed by atoms with Crippen molar-refractivity contribution in [1.29, 1.82) is 0 Å². The standard InChI is InChI=1S/C31H41F3N2O4/c1-3-4-5-6-7-8-9-10-11-12-21-35-28(37)26-17-15-25(16-18-26)23(2)36(29(38)30(39)40)22-24-13-19-27(20-14-24)31(32,33)34/h13-20,23H,3-12,21-22H2,1-2H3,(H,35,37)(H,39,40). The van der Waals surface area contributed by atoms with Crippen molar-refractivity contribution in [3.8, 4) is 0 Å². The summed E-state index contributed by atoms with van der Waals surface area (Å²) in [6.07, 6.45) is 7.64. The summed E-state index contributed by atoms with van der Waals surface area (Å²) in [5, 5.41) is 12.2. The van der Waals surface area contributed by atoms with E-state index >= 15 is 0 Å². The molecule has 1 unspecified atom stereocenters. The van der Waals surface area contributed by atoms with Gasteiger partial charge in [-0.3, -0.25) is 9.59 Å². The van der Waals surface area contributed by atoms with Gasteiger partial charge in [-0.25, -0.2) is 4.79 Å². The molecule has 0 heterocycles. The fourth-order valence-corrected chi connectivity index (χ4v) is 4.51. The molecule has 0 aromatic heterocycles. The van der Waals surface area contributed by atoms with Gasteiger partial charge in [-0.1, -0.05) is 89.0 Å². The molecule has 2 amide bonds. The summed E-state index contributed by atoms with van der Waals surface area (Å²) < 4.78 is 38.6. The van der Waals surface area contributed by atoms with Crippen LogP contribution in [0.4, 0.5) is 13.2 Å². The van der Waals surface area contributed by atoms with Crippen LogP contribution in [-0.2, 0) is 22.3 Å². The van der Waals surface area contributed by atoms with Gasteiger partial charge >= 0.3 is 18.1 Å². The lowest BCUT2D eigenvalue weighted by atomic mass is 10.0. The maximum atomic E-state index is 12.9. The Morgan fingerprint density at radius 3 is 1.85 bits per heavy atom. The van der Waals surface area contributed by atoms with E-state index in [1.165, 1.54) is 57.1 Å². The average molecular weight is 563 g/mol. The van der Waals surface area contributed by atoms with Crippen LogP contribution >= 0.6 is 0 Å². The summed E-state index contributed by atoms with van der Waals surface area (Å²) in [5.41, 5.74) is 0.564. The summed E-state index contributed by atoms with van der Waals surface area (Å²) in [6, 6.07) is 10.1. The third-order valence-corrected chi connectivity index (χ3v) is 7.02. The fourth-order valence-electron chi connectivity index (χ4n) is 4.51. The van der Waals surface area contributed by atoms with E-state index in [2.05, 4.69) is 12.2 Å². The molecule has 2 aromatic carbocycles. The smallest absolute Gasteiger partial charge is 0.416 e.